The van der Waals surface area contributed by atoms with Gasteiger partial charge in [0.1, 0.15) is 0 Å². The summed E-state index contributed by atoms with van der Waals surface area (Å²) in [4.78, 5) is 8.27. The summed E-state index contributed by atoms with van der Waals surface area (Å²) in [7, 11) is -0.173. The first-order valence-corrected chi connectivity index (χ1v) is 9.20. The Morgan fingerprint density at radius 1 is 1.28 bits per heavy atom. The summed E-state index contributed by atoms with van der Waals surface area (Å²) in [5, 5.41) is 8.34. The van der Waals surface area contributed by atoms with E-state index in [-0.39, 0.29) is 18.1 Å². The number of aryl methyl sites for hydroxylation is 3. The SMILES string of the molecule is CCc1noc(-c2nn(C)c3c2CN(S(=O)(=O)c2cn(C)cn2)C3)n1. The maximum absolute atomic E-state index is 12.8. The Balaban J connectivity index is 1.70. The van der Waals surface area contributed by atoms with Crippen LogP contribution in [0.15, 0.2) is 22.1 Å². The largest absolute Gasteiger partial charge is 0.339 e. The Labute approximate surface area is 144 Å². The number of sulfonamides is 1. The van der Waals surface area contributed by atoms with E-state index in [0.717, 1.165) is 11.3 Å². The highest BCUT2D eigenvalue weighted by Crippen LogP contribution is 2.34. The zero-order valence-corrected chi connectivity index (χ0v) is 14.9. The van der Waals surface area contributed by atoms with Crippen molar-refractivity contribution in [3.05, 3.63) is 29.6 Å². The minimum absolute atomic E-state index is 0.0309. The van der Waals surface area contributed by atoms with Gasteiger partial charge in [-0.15, -0.1) is 0 Å². The number of hydrogen-bond donors (Lipinski definition) is 0. The van der Waals surface area contributed by atoms with Crippen LogP contribution in [0.1, 0.15) is 24.0 Å². The van der Waals surface area contributed by atoms with Crippen molar-refractivity contribution in [3.8, 4) is 11.6 Å². The lowest BCUT2D eigenvalue weighted by Crippen LogP contribution is -2.26. The molecule has 0 spiro atoms. The van der Waals surface area contributed by atoms with E-state index in [2.05, 4.69) is 20.2 Å². The Morgan fingerprint density at radius 2 is 2.08 bits per heavy atom. The fourth-order valence-corrected chi connectivity index (χ4v) is 4.19. The van der Waals surface area contributed by atoms with Crippen LogP contribution in [-0.2, 0) is 43.6 Å². The van der Waals surface area contributed by atoms with Crippen molar-refractivity contribution >= 4 is 10.0 Å². The second-order valence-electron chi connectivity index (χ2n) is 5.92. The molecule has 4 rings (SSSR count). The van der Waals surface area contributed by atoms with E-state index in [1.54, 1.807) is 23.3 Å². The molecule has 0 amide bonds. The Kier molecular flexibility index (Phi) is 3.51. The molecule has 25 heavy (non-hydrogen) atoms. The van der Waals surface area contributed by atoms with Crippen molar-refractivity contribution in [1.82, 2.24) is 33.8 Å². The van der Waals surface area contributed by atoms with E-state index < -0.39 is 10.0 Å². The van der Waals surface area contributed by atoms with Crippen LogP contribution in [0.3, 0.4) is 0 Å². The molecule has 0 saturated carbocycles. The molecule has 0 N–H and O–H groups in total. The van der Waals surface area contributed by atoms with Crippen molar-refractivity contribution in [2.45, 2.75) is 31.5 Å². The van der Waals surface area contributed by atoms with Gasteiger partial charge >= 0.3 is 0 Å². The molecule has 1 aliphatic heterocycles. The van der Waals surface area contributed by atoms with Gasteiger partial charge in [0.05, 0.1) is 18.6 Å². The summed E-state index contributed by atoms with van der Waals surface area (Å²) in [6, 6.07) is 0. The van der Waals surface area contributed by atoms with Gasteiger partial charge in [-0.1, -0.05) is 12.1 Å². The van der Waals surface area contributed by atoms with Gasteiger partial charge in [-0.25, -0.2) is 13.4 Å². The first-order chi connectivity index (χ1) is 11.9. The predicted molar refractivity (Wildman–Crippen MR) is 85.5 cm³/mol. The molecule has 3 aromatic heterocycles. The number of aromatic nitrogens is 6. The van der Waals surface area contributed by atoms with Gasteiger partial charge in [-0.2, -0.15) is 14.4 Å². The smallest absolute Gasteiger partial charge is 0.278 e. The Morgan fingerprint density at radius 3 is 2.72 bits per heavy atom. The van der Waals surface area contributed by atoms with Crippen LogP contribution in [-0.4, -0.2) is 42.2 Å². The van der Waals surface area contributed by atoms with Crippen LogP contribution >= 0.6 is 0 Å². The van der Waals surface area contributed by atoms with E-state index >= 15 is 0 Å². The molecule has 0 unspecified atom stereocenters. The molecule has 10 nitrogen and oxygen atoms in total. The molecule has 3 aromatic rings. The first kappa shape index (κ1) is 16.0. The van der Waals surface area contributed by atoms with Gasteiger partial charge in [-0.3, -0.25) is 4.68 Å². The molecule has 1 aliphatic rings. The average Bonchev–Trinajstić information content (AvgIpc) is 3.32. The Hall–Kier alpha value is -2.53. The summed E-state index contributed by atoms with van der Waals surface area (Å²) in [6.45, 7) is 2.35. The van der Waals surface area contributed by atoms with Gasteiger partial charge in [0.15, 0.2) is 16.5 Å². The number of imidazole rings is 1. The third-order valence-corrected chi connectivity index (χ3v) is 5.89. The standard InChI is InChI=1S/C14H17N7O3S/c1-4-11-16-14(24-18-11)13-9-5-21(6-10(9)20(3)17-13)25(22,23)12-7-19(2)8-15-12/h7-8H,4-6H2,1-3H3. The van der Waals surface area contributed by atoms with E-state index in [9.17, 15) is 8.42 Å². The fourth-order valence-electron chi connectivity index (χ4n) is 2.86. The van der Waals surface area contributed by atoms with Crippen molar-refractivity contribution in [2.24, 2.45) is 14.1 Å². The lowest BCUT2D eigenvalue weighted by atomic mass is 10.2. The average molecular weight is 363 g/mol. The van der Waals surface area contributed by atoms with E-state index in [1.807, 2.05) is 6.92 Å². The summed E-state index contributed by atoms with van der Waals surface area (Å²) >= 11 is 0. The minimum Gasteiger partial charge on any atom is -0.339 e. The molecule has 0 aromatic carbocycles. The second kappa shape index (κ2) is 5.49. The van der Waals surface area contributed by atoms with Gasteiger partial charge in [0.2, 0.25) is 0 Å². The predicted octanol–water partition coefficient (Wildman–Crippen LogP) is 0.470. The van der Waals surface area contributed by atoms with Crippen LogP contribution in [0.5, 0.6) is 0 Å². The fraction of sp³-hybridized carbons (Fsp3) is 0.429. The van der Waals surface area contributed by atoms with Crippen molar-refractivity contribution in [3.63, 3.8) is 0 Å². The maximum atomic E-state index is 12.8. The molecular formula is C14H17N7O3S. The number of nitrogens with zero attached hydrogens (tertiary/aromatic N) is 7. The van der Waals surface area contributed by atoms with E-state index in [4.69, 9.17) is 4.52 Å². The highest BCUT2D eigenvalue weighted by Gasteiger charge is 2.37. The summed E-state index contributed by atoms with van der Waals surface area (Å²) in [6.07, 6.45) is 3.61. The zero-order chi connectivity index (χ0) is 17.8. The van der Waals surface area contributed by atoms with Gasteiger partial charge in [0, 0.05) is 38.8 Å². The highest BCUT2D eigenvalue weighted by atomic mass is 32.2. The molecule has 11 heteroatoms. The third-order valence-electron chi connectivity index (χ3n) is 4.21. The van der Waals surface area contributed by atoms with E-state index in [0.29, 0.717) is 23.8 Å². The zero-order valence-electron chi connectivity index (χ0n) is 14.0. The number of hydrogen-bond acceptors (Lipinski definition) is 7. The van der Waals surface area contributed by atoms with Gasteiger partial charge in [0.25, 0.3) is 15.9 Å². The van der Waals surface area contributed by atoms with Crippen molar-refractivity contribution in [2.75, 3.05) is 0 Å². The van der Waals surface area contributed by atoms with Crippen molar-refractivity contribution < 1.29 is 12.9 Å². The monoisotopic (exact) mass is 363 g/mol. The maximum Gasteiger partial charge on any atom is 0.278 e. The quantitative estimate of drug-likeness (QED) is 0.662. The topological polar surface area (TPSA) is 112 Å². The minimum atomic E-state index is -3.68. The normalized spacial score (nSPS) is 15.0. The van der Waals surface area contributed by atoms with Gasteiger partial charge < -0.3 is 9.09 Å². The van der Waals surface area contributed by atoms with Crippen LogP contribution in [0.4, 0.5) is 0 Å². The lowest BCUT2D eigenvalue weighted by molar-refractivity contribution is 0.411. The summed E-state index contributed by atoms with van der Waals surface area (Å²) < 4.78 is 35.5. The van der Waals surface area contributed by atoms with Crippen LogP contribution < -0.4 is 0 Å². The molecule has 0 bridgehead atoms. The molecule has 0 fully saturated rings. The number of fused-ring (bicyclic) bond motifs is 1. The van der Waals surface area contributed by atoms with Crippen LogP contribution in [0.25, 0.3) is 11.6 Å². The molecule has 4 heterocycles. The molecule has 0 aliphatic carbocycles. The first-order valence-electron chi connectivity index (χ1n) is 7.76. The van der Waals surface area contributed by atoms with Crippen LogP contribution in [0.2, 0.25) is 0 Å². The summed E-state index contributed by atoms with van der Waals surface area (Å²) in [5.74, 6) is 0.899. The molecular weight excluding hydrogens is 346 g/mol. The lowest BCUT2D eigenvalue weighted by Gasteiger charge is -2.14. The summed E-state index contributed by atoms with van der Waals surface area (Å²) in [5.41, 5.74) is 2.13. The molecule has 0 atom stereocenters. The van der Waals surface area contributed by atoms with E-state index in [1.165, 1.54) is 16.8 Å². The second-order valence-corrected chi connectivity index (χ2v) is 7.80. The Bertz CT molecular complexity index is 1050. The third kappa shape index (κ3) is 2.46. The molecule has 0 radical (unpaired) electrons. The van der Waals surface area contributed by atoms with Crippen LogP contribution in [0, 0.1) is 0 Å². The molecule has 132 valence electrons. The van der Waals surface area contributed by atoms with Gasteiger partial charge in [-0.05, 0) is 0 Å². The number of rotatable bonds is 4. The van der Waals surface area contributed by atoms with Crippen molar-refractivity contribution in [1.29, 1.82) is 0 Å². The molecule has 0 saturated heterocycles. The highest BCUT2D eigenvalue weighted by molar-refractivity contribution is 7.89.